The van der Waals surface area contributed by atoms with Crippen molar-refractivity contribution in [1.29, 1.82) is 0 Å². The molecule has 1 N–H and O–H groups in total. The lowest BCUT2D eigenvalue weighted by Crippen LogP contribution is -2.61. The smallest absolute Gasteiger partial charge is 0.282 e. The summed E-state index contributed by atoms with van der Waals surface area (Å²) in [6.45, 7) is 17.8. The number of amides is 1. The van der Waals surface area contributed by atoms with Crippen LogP contribution in [0.5, 0.6) is 11.6 Å². The van der Waals surface area contributed by atoms with Gasteiger partial charge in [0.25, 0.3) is 11.8 Å². The summed E-state index contributed by atoms with van der Waals surface area (Å²) in [5.74, 6) is 1.11. The monoisotopic (exact) mass is 667 g/mol. The quantitative estimate of drug-likeness (QED) is 0.368. The molecule has 5 saturated heterocycles. The van der Waals surface area contributed by atoms with Crippen LogP contribution in [0.4, 0.5) is 10.2 Å². The van der Waals surface area contributed by atoms with Crippen LogP contribution in [0.15, 0.2) is 24.5 Å². The van der Waals surface area contributed by atoms with Crippen molar-refractivity contribution >= 4 is 23.9 Å². The van der Waals surface area contributed by atoms with Gasteiger partial charge >= 0.3 is 0 Å². The maximum atomic E-state index is 14.4. The molecule has 2 bridgehead atoms. The summed E-state index contributed by atoms with van der Waals surface area (Å²) >= 11 is 2.01. The molecule has 5 aliphatic heterocycles. The van der Waals surface area contributed by atoms with Crippen LogP contribution < -0.4 is 15.0 Å². The highest BCUT2D eigenvalue weighted by atomic mass is 32.2. The summed E-state index contributed by atoms with van der Waals surface area (Å²) in [4.78, 5) is 24.7. The number of nitrogens with one attached hydrogen (secondary N) is 1. The van der Waals surface area contributed by atoms with E-state index in [2.05, 4.69) is 38.9 Å². The lowest BCUT2D eigenvalue weighted by Gasteiger charge is -2.54. The predicted octanol–water partition coefficient (Wildman–Crippen LogP) is 4.29. The Bertz CT molecular complexity index is 1400. The van der Waals surface area contributed by atoms with E-state index >= 15 is 0 Å². The van der Waals surface area contributed by atoms with E-state index in [1.165, 1.54) is 82.8 Å². The third-order valence-corrected chi connectivity index (χ3v) is 12.1. The molecule has 1 spiro atoms. The van der Waals surface area contributed by atoms with Crippen molar-refractivity contribution in [3.63, 3.8) is 0 Å². The fraction of sp³-hybridized carbons (Fsp3) is 0.706. The molecule has 0 aliphatic carbocycles. The number of hydrogen-bond donors (Lipinski definition) is 1. The molecule has 11 nitrogen and oxygen atoms in total. The number of rotatable bonds is 10. The van der Waals surface area contributed by atoms with Crippen molar-refractivity contribution in [3.8, 4) is 11.6 Å². The Morgan fingerprint density at radius 3 is 2.53 bits per heavy atom. The molecular weight excluding hydrogens is 618 g/mol. The van der Waals surface area contributed by atoms with Crippen molar-refractivity contribution in [2.24, 2.45) is 11.3 Å². The van der Waals surface area contributed by atoms with Gasteiger partial charge < -0.3 is 24.8 Å². The molecule has 1 amide bonds. The van der Waals surface area contributed by atoms with E-state index in [-0.39, 0.29) is 40.6 Å². The normalized spacial score (nSPS) is 25.2. The molecule has 0 unspecified atom stereocenters. The molecule has 7 rings (SSSR count). The van der Waals surface area contributed by atoms with Crippen molar-refractivity contribution in [1.82, 2.24) is 38.9 Å². The average Bonchev–Trinajstić information content (AvgIpc) is 3.66. The van der Waals surface area contributed by atoms with Crippen molar-refractivity contribution in [2.75, 3.05) is 63.8 Å². The number of aromatic nitrogens is 3. The van der Waals surface area contributed by atoms with Crippen LogP contribution in [0.3, 0.4) is 0 Å². The average molecular weight is 668 g/mol. The summed E-state index contributed by atoms with van der Waals surface area (Å²) in [7, 11) is 0. The number of halogens is 1. The third kappa shape index (κ3) is 7.10. The number of benzene rings is 1. The maximum absolute atomic E-state index is 14.4. The molecule has 13 heteroatoms. The minimum absolute atomic E-state index is 0.0546. The van der Waals surface area contributed by atoms with Crippen LogP contribution in [-0.4, -0.2) is 123 Å². The summed E-state index contributed by atoms with van der Waals surface area (Å²) in [5.41, 5.74) is 0.436. The first-order chi connectivity index (χ1) is 22.7. The fourth-order valence-corrected chi connectivity index (χ4v) is 9.57. The molecule has 5 fully saturated rings. The number of nitrogens with zero attached hydrogens (tertiary/aromatic N) is 8. The van der Waals surface area contributed by atoms with E-state index in [1.54, 1.807) is 4.90 Å². The maximum Gasteiger partial charge on any atom is 0.282 e. The van der Waals surface area contributed by atoms with E-state index in [0.717, 1.165) is 44.7 Å². The van der Waals surface area contributed by atoms with E-state index < -0.39 is 5.82 Å². The first-order valence-electron chi connectivity index (χ1n) is 17.5. The number of ether oxygens (including phenoxy) is 1. The van der Waals surface area contributed by atoms with Gasteiger partial charge in [0.1, 0.15) is 17.9 Å². The lowest BCUT2D eigenvalue weighted by molar-refractivity contribution is 0.0611. The highest BCUT2D eigenvalue weighted by Gasteiger charge is 2.47. The molecule has 6 heterocycles. The van der Waals surface area contributed by atoms with Gasteiger partial charge in [0.2, 0.25) is 0 Å². The number of piperidine rings is 2. The SMILES string of the molecule is CC(C)N(C(=O)c1cc(F)ccc1Oc1nncnc1N1CC2(CCN(CC3CCN(SN4C[C@@H]5C[C@H]4CN5)CC3)CC2)C1)C(C)C. The summed E-state index contributed by atoms with van der Waals surface area (Å²) in [6.07, 6.45) is 7.69. The van der Waals surface area contributed by atoms with Crippen LogP contribution >= 0.6 is 12.1 Å². The van der Waals surface area contributed by atoms with Gasteiger partial charge in [0, 0.05) is 87.5 Å². The van der Waals surface area contributed by atoms with Crippen LogP contribution in [0.1, 0.15) is 70.2 Å². The highest BCUT2D eigenvalue weighted by molar-refractivity contribution is 7.94. The Labute approximate surface area is 282 Å². The largest absolute Gasteiger partial charge is 0.434 e. The molecule has 2 atom stereocenters. The van der Waals surface area contributed by atoms with Crippen LogP contribution in [0, 0.1) is 17.2 Å². The van der Waals surface area contributed by atoms with E-state index in [9.17, 15) is 9.18 Å². The summed E-state index contributed by atoms with van der Waals surface area (Å²) < 4.78 is 25.8. The van der Waals surface area contributed by atoms with Gasteiger partial charge in [-0.1, -0.05) is 0 Å². The van der Waals surface area contributed by atoms with Gasteiger partial charge in [-0.15, -0.1) is 10.2 Å². The second kappa shape index (κ2) is 13.7. The van der Waals surface area contributed by atoms with E-state index in [4.69, 9.17) is 4.74 Å². The molecule has 1 aromatic heterocycles. The zero-order valence-electron chi connectivity index (χ0n) is 28.3. The van der Waals surface area contributed by atoms with Crippen LogP contribution in [-0.2, 0) is 0 Å². The fourth-order valence-electron chi connectivity index (χ4n) is 8.36. The van der Waals surface area contributed by atoms with E-state index in [0.29, 0.717) is 11.9 Å². The number of fused-ring (bicyclic) bond motifs is 2. The van der Waals surface area contributed by atoms with Gasteiger partial charge in [-0.2, -0.15) is 0 Å². The molecule has 0 saturated carbocycles. The topological polar surface area (TPSA) is 93.2 Å². The van der Waals surface area contributed by atoms with Crippen molar-refractivity contribution in [2.45, 2.75) is 84.0 Å². The number of likely N-dealkylation sites (tertiary alicyclic amines) is 1. The Kier molecular flexibility index (Phi) is 9.63. The first-order valence-corrected chi connectivity index (χ1v) is 18.3. The Morgan fingerprint density at radius 1 is 1.13 bits per heavy atom. The second-order valence-electron chi connectivity index (χ2n) is 14.9. The number of carbonyl (C=O) groups is 1. The predicted molar refractivity (Wildman–Crippen MR) is 182 cm³/mol. The molecule has 256 valence electrons. The molecule has 0 radical (unpaired) electrons. The number of hydrogen-bond acceptors (Lipinski definition) is 11. The molecule has 5 aliphatic rings. The lowest BCUT2D eigenvalue weighted by atomic mass is 9.72. The van der Waals surface area contributed by atoms with Crippen molar-refractivity contribution < 1.29 is 13.9 Å². The van der Waals surface area contributed by atoms with Gasteiger partial charge in [-0.25, -0.2) is 18.0 Å². The number of anilines is 1. The number of carbonyl (C=O) groups excluding carboxylic acids is 1. The Hall–Kier alpha value is -2.58. The molecular formula is C34H50FN9O2S. The van der Waals surface area contributed by atoms with Crippen LogP contribution in [0.25, 0.3) is 0 Å². The van der Waals surface area contributed by atoms with Gasteiger partial charge in [0.15, 0.2) is 5.82 Å². The minimum Gasteiger partial charge on any atom is -0.434 e. The second-order valence-corrected chi connectivity index (χ2v) is 16.1. The summed E-state index contributed by atoms with van der Waals surface area (Å²) in [6, 6.07) is 5.35. The zero-order chi connectivity index (χ0) is 32.7. The van der Waals surface area contributed by atoms with Gasteiger partial charge in [0.05, 0.1) is 5.56 Å². The van der Waals surface area contributed by atoms with Crippen LogP contribution in [0.2, 0.25) is 0 Å². The number of piperazine rings is 1. The molecule has 2 aromatic rings. The molecule has 47 heavy (non-hydrogen) atoms. The first kappa shape index (κ1) is 32.9. The van der Waals surface area contributed by atoms with Crippen molar-refractivity contribution in [3.05, 3.63) is 35.9 Å². The zero-order valence-corrected chi connectivity index (χ0v) is 29.1. The minimum atomic E-state index is -0.492. The van der Waals surface area contributed by atoms with Gasteiger partial charge in [-0.3, -0.25) is 4.79 Å². The third-order valence-electron chi connectivity index (χ3n) is 10.9. The Balaban J connectivity index is 0.910. The van der Waals surface area contributed by atoms with Gasteiger partial charge in [-0.05, 0) is 97.0 Å². The highest BCUT2D eigenvalue weighted by Crippen LogP contribution is 2.45. The standard InChI is InChI=1S/C34H50FN9O2S/c1-23(2)44(24(3)4)33(45)29-15-26(35)5-6-30(29)46-32-31(37-22-38-39-32)41-20-34(21-41)9-13-40(14-10-34)18-25-7-11-42(12-8-25)47-43-19-27-16-28(43)17-36-27/h5-6,15,22-25,27-28,36H,7-14,16-21H2,1-4H3/t27-,28-/m0/s1. The summed E-state index contributed by atoms with van der Waals surface area (Å²) in [5, 5.41) is 11.8. The van der Waals surface area contributed by atoms with E-state index in [1.807, 2.05) is 39.8 Å². The molecule has 1 aromatic carbocycles. The Morgan fingerprint density at radius 2 is 1.87 bits per heavy atom.